The summed E-state index contributed by atoms with van der Waals surface area (Å²) in [6.45, 7) is -0.830. The van der Waals surface area contributed by atoms with Crippen molar-refractivity contribution in [1.29, 1.82) is 0 Å². The quantitative estimate of drug-likeness (QED) is 0.0714. The van der Waals surface area contributed by atoms with Crippen LogP contribution in [0.2, 0.25) is 0 Å². The number of unbranched alkanes of at least 4 members (excludes halogenated alkanes) is 1. The summed E-state index contributed by atoms with van der Waals surface area (Å²) in [7, 11) is 0. The third-order valence-corrected chi connectivity index (χ3v) is 7.13. The van der Waals surface area contributed by atoms with Crippen LogP contribution in [0.5, 0.6) is 0 Å². The van der Waals surface area contributed by atoms with Crippen molar-refractivity contribution < 1.29 is 58.8 Å². The number of carbonyl (C=O) groups is 8. The van der Waals surface area contributed by atoms with Crippen molar-refractivity contribution in [2.24, 2.45) is 0 Å². The number of hydrogen-bond donors (Lipinski definition) is 6. The summed E-state index contributed by atoms with van der Waals surface area (Å²) in [5.74, 6) is -6.91. The van der Waals surface area contributed by atoms with Gasteiger partial charge in [0.15, 0.2) is 0 Å². The third kappa shape index (κ3) is 21.2. The van der Waals surface area contributed by atoms with E-state index in [-0.39, 0.29) is 128 Å². The maximum absolute atomic E-state index is 12.7. The molecule has 292 valence electrons. The van der Waals surface area contributed by atoms with Crippen LogP contribution in [0.1, 0.15) is 19.3 Å². The lowest BCUT2D eigenvalue weighted by molar-refractivity contribution is -0.142. The molecule has 0 aliphatic carbocycles. The maximum Gasteiger partial charge on any atom is 0.326 e. The average molecular weight is 814 g/mol. The normalized spacial score (nSPS) is 16.4. The minimum absolute atomic E-state index is 0. The Labute approximate surface area is 318 Å². The molecule has 4 amide bonds. The van der Waals surface area contributed by atoms with Gasteiger partial charge in [-0.05, 0) is 19.3 Å². The molecular weight excluding hydrogens is 768 g/mol. The number of carbonyl (C=O) groups excluding carboxylic acids is 4. The standard InChI is InChI=1S/C28H41N7O12.4ClH/c36-21(30-20(28(46)47)3-1-2-6-35-23(38)4-5-24(35)39)15-29-22(37)16-31-7-9-32(17-25(40)41)11-13-34(19-27(44)45)14-12-33(10-8-31)18-26(42)43;;;;/h4-5,7,9,20H,1-3,6,8,10-19H2,(H,29,37)(H,30,36)(H,40,41)(H,42,43)(H,44,45)(H,46,47);4*1H/b9-7-;;;;/t20-;;;;/m0..../s1. The van der Waals surface area contributed by atoms with Gasteiger partial charge < -0.3 is 40.9 Å². The number of carboxylic acids is 4. The fourth-order valence-electron chi connectivity index (χ4n) is 4.71. The van der Waals surface area contributed by atoms with Crippen LogP contribution in [0.3, 0.4) is 0 Å². The number of amides is 4. The summed E-state index contributed by atoms with van der Waals surface area (Å²) >= 11 is 0. The van der Waals surface area contributed by atoms with Crippen LogP contribution in [0, 0.1) is 0 Å². The van der Waals surface area contributed by atoms with Crippen LogP contribution in [0.4, 0.5) is 0 Å². The Kier molecular flexibility index (Phi) is 27.1. The summed E-state index contributed by atoms with van der Waals surface area (Å²) in [6, 6.07) is -1.27. The first kappa shape index (κ1) is 51.5. The summed E-state index contributed by atoms with van der Waals surface area (Å²) in [4.78, 5) is 101. The van der Waals surface area contributed by atoms with Crippen LogP contribution in [0.25, 0.3) is 0 Å². The highest BCUT2D eigenvalue weighted by atomic mass is 35.5. The highest BCUT2D eigenvalue weighted by Gasteiger charge is 2.24. The number of hydrogen-bond acceptors (Lipinski definition) is 12. The van der Waals surface area contributed by atoms with Crippen LogP contribution in [-0.2, 0) is 38.4 Å². The molecule has 2 aliphatic heterocycles. The van der Waals surface area contributed by atoms with Crippen molar-refractivity contribution in [1.82, 2.24) is 35.1 Å². The molecule has 6 N–H and O–H groups in total. The first-order valence-corrected chi connectivity index (χ1v) is 14.8. The van der Waals surface area contributed by atoms with Gasteiger partial charge in [0.25, 0.3) is 11.8 Å². The van der Waals surface area contributed by atoms with E-state index in [9.17, 15) is 58.8 Å². The van der Waals surface area contributed by atoms with Crippen molar-refractivity contribution in [2.75, 3.05) is 78.5 Å². The Morgan fingerprint density at radius 3 is 1.53 bits per heavy atom. The fourth-order valence-corrected chi connectivity index (χ4v) is 4.71. The van der Waals surface area contributed by atoms with E-state index in [1.165, 1.54) is 22.2 Å². The topological polar surface area (TPSA) is 258 Å². The molecule has 0 spiro atoms. The smallest absolute Gasteiger partial charge is 0.326 e. The van der Waals surface area contributed by atoms with E-state index in [0.29, 0.717) is 6.42 Å². The highest BCUT2D eigenvalue weighted by Crippen LogP contribution is 2.08. The molecule has 0 bridgehead atoms. The lowest BCUT2D eigenvalue weighted by atomic mass is 10.1. The van der Waals surface area contributed by atoms with E-state index in [0.717, 1.165) is 17.1 Å². The van der Waals surface area contributed by atoms with Crippen LogP contribution < -0.4 is 10.6 Å². The van der Waals surface area contributed by atoms with E-state index in [4.69, 9.17) is 0 Å². The van der Waals surface area contributed by atoms with Crippen molar-refractivity contribution >= 4 is 97.1 Å². The number of halogens is 4. The second-order valence-electron chi connectivity index (χ2n) is 10.9. The Hall–Kier alpha value is -3.88. The molecule has 23 heteroatoms. The molecule has 0 saturated carbocycles. The van der Waals surface area contributed by atoms with Gasteiger partial charge in [0, 0.05) is 70.4 Å². The molecular formula is C28H45Cl4N7O12. The lowest BCUT2D eigenvalue weighted by Crippen LogP contribution is -2.48. The molecule has 19 nitrogen and oxygen atoms in total. The van der Waals surface area contributed by atoms with E-state index in [2.05, 4.69) is 10.6 Å². The molecule has 0 aromatic heterocycles. The first-order valence-electron chi connectivity index (χ1n) is 14.8. The zero-order chi connectivity index (χ0) is 34.9. The molecule has 0 aromatic carbocycles. The monoisotopic (exact) mass is 811 g/mol. The Morgan fingerprint density at radius 1 is 0.627 bits per heavy atom. The van der Waals surface area contributed by atoms with Gasteiger partial charge in [-0.25, -0.2) is 4.79 Å². The van der Waals surface area contributed by atoms with Gasteiger partial charge in [0.2, 0.25) is 11.8 Å². The largest absolute Gasteiger partial charge is 0.480 e. The highest BCUT2D eigenvalue weighted by molar-refractivity contribution is 6.12. The molecule has 1 atom stereocenters. The van der Waals surface area contributed by atoms with Crippen molar-refractivity contribution in [3.8, 4) is 0 Å². The van der Waals surface area contributed by atoms with Crippen molar-refractivity contribution in [3.05, 3.63) is 24.6 Å². The zero-order valence-corrected chi connectivity index (χ0v) is 30.7. The second kappa shape index (κ2) is 26.9. The average Bonchev–Trinajstić information content (AvgIpc) is 3.30. The van der Waals surface area contributed by atoms with Gasteiger partial charge in [-0.3, -0.25) is 48.3 Å². The zero-order valence-electron chi connectivity index (χ0n) is 27.4. The van der Waals surface area contributed by atoms with Gasteiger partial charge in [0.05, 0.1) is 26.2 Å². The van der Waals surface area contributed by atoms with E-state index < -0.39 is 66.6 Å². The van der Waals surface area contributed by atoms with Gasteiger partial charge in [-0.2, -0.15) is 0 Å². The maximum atomic E-state index is 12.7. The van der Waals surface area contributed by atoms with Crippen LogP contribution in [-0.4, -0.2) is 177 Å². The number of carboxylic acid groups (broad SMARTS) is 4. The predicted molar refractivity (Wildman–Crippen MR) is 189 cm³/mol. The second-order valence-corrected chi connectivity index (χ2v) is 10.9. The summed E-state index contributed by atoms with van der Waals surface area (Å²) in [6.07, 6.45) is 5.81. The van der Waals surface area contributed by atoms with E-state index in [1.807, 2.05) is 0 Å². The van der Waals surface area contributed by atoms with Crippen molar-refractivity contribution in [3.63, 3.8) is 0 Å². The number of aliphatic carboxylic acids is 4. The number of rotatable bonds is 17. The molecule has 0 unspecified atom stereocenters. The SMILES string of the molecule is Cl.Cl.Cl.Cl.O=C(O)CN1/C=C\N(CC(=O)NCC(=O)N[C@@H](CCCCN2C(=O)C=CC2=O)C(=O)O)CCN(CC(=O)O)CCN(CC(=O)O)CC1. The van der Waals surface area contributed by atoms with Gasteiger partial charge in [0.1, 0.15) is 12.6 Å². The van der Waals surface area contributed by atoms with Crippen LogP contribution in [0.15, 0.2) is 24.6 Å². The van der Waals surface area contributed by atoms with E-state index >= 15 is 0 Å². The number of nitrogens with one attached hydrogen (secondary N) is 2. The molecule has 51 heavy (non-hydrogen) atoms. The Bertz CT molecular complexity index is 1240. The fraction of sp³-hybridized carbons (Fsp3) is 0.571. The van der Waals surface area contributed by atoms with E-state index in [1.54, 1.807) is 9.80 Å². The predicted octanol–water partition coefficient (Wildman–Crippen LogP) is -1.60. The summed E-state index contributed by atoms with van der Waals surface area (Å²) in [5.41, 5.74) is 0. The number of imide groups is 1. The van der Waals surface area contributed by atoms with Gasteiger partial charge in [-0.15, -0.1) is 49.6 Å². The minimum atomic E-state index is -1.30. The molecule has 0 aromatic rings. The third-order valence-electron chi connectivity index (χ3n) is 7.13. The Balaban J connectivity index is -0.00000576. The number of nitrogens with zero attached hydrogens (tertiary/aromatic N) is 5. The molecule has 0 saturated heterocycles. The Morgan fingerprint density at radius 2 is 1.08 bits per heavy atom. The molecule has 0 fully saturated rings. The van der Waals surface area contributed by atoms with Gasteiger partial charge >= 0.3 is 23.9 Å². The molecule has 2 aliphatic rings. The first-order chi connectivity index (χ1) is 22.2. The lowest BCUT2D eigenvalue weighted by Gasteiger charge is -2.31. The summed E-state index contributed by atoms with van der Waals surface area (Å²) in [5, 5.41) is 42.1. The minimum Gasteiger partial charge on any atom is -0.480 e. The van der Waals surface area contributed by atoms with Gasteiger partial charge in [-0.1, -0.05) is 0 Å². The summed E-state index contributed by atoms with van der Waals surface area (Å²) < 4.78 is 0. The van der Waals surface area contributed by atoms with Crippen molar-refractivity contribution in [2.45, 2.75) is 25.3 Å². The molecule has 0 radical (unpaired) electrons. The van der Waals surface area contributed by atoms with Crippen LogP contribution >= 0.6 is 49.6 Å². The molecule has 2 rings (SSSR count). The molecule has 2 heterocycles.